The van der Waals surface area contributed by atoms with Crippen LogP contribution < -0.4 is 4.90 Å². The van der Waals surface area contributed by atoms with E-state index >= 15 is 0 Å². The van der Waals surface area contributed by atoms with Gasteiger partial charge < -0.3 is 4.74 Å². The quantitative estimate of drug-likeness (QED) is 0.354. The predicted octanol–water partition coefficient (Wildman–Crippen LogP) is 3.10. The molecular formula is C20H17N3O3S. The number of nitrogens with zero attached hydrogens (tertiary/aromatic N) is 3. The number of esters is 1. The third-order valence-electron chi connectivity index (χ3n) is 3.93. The summed E-state index contributed by atoms with van der Waals surface area (Å²) in [6.45, 7) is 1.81. The van der Waals surface area contributed by atoms with E-state index in [4.69, 9.17) is 12.2 Å². The van der Waals surface area contributed by atoms with Crippen LogP contribution in [0, 0.1) is 0 Å². The first kappa shape index (κ1) is 18.5. The molecule has 0 aliphatic carbocycles. The van der Waals surface area contributed by atoms with Crippen molar-refractivity contribution in [1.29, 1.82) is 0 Å². The van der Waals surface area contributed by atoms with Gasteiger partial charge in [-0.3, -0.25) is 4.79 Å². The maximum absolute atomic E-state index is 12.9. The first-order valence-electron chi connectivity index (χ1n) is 8.17. The molecule has 1 amide bonds. The van der Waals surface area contributed by atoms with Gasteiger partial charge in [0.2, 0.25) is 5.11 Å². The maximum Gasteiger partial charge on any atom is 0.332 e. The second-order valence-corrected chi connectivity index (χ2v) is 6.04. The average molecular weight is 379 g/mol. The molecule has 3 rings (SSSR count). The lowest BCUT2D eigenvalue weighted by Crippen LogP contribution is -2.31. The summed E-state index contributed by atoms with van der Waals surface area (Å²) in [7, 11) is 1.24. The van der Waals surface area contributed by atoms with Crippen molar-refractivity contribution < 1.29 is 14.3 Å². The topological polar surface area (TPSA) is 62.2 Å². The average Bonchev–Trinajstić information content (AvgIpc) is 2.93. The Hall–Kier alpha value is -3.32. The number of ether oxygens (including phenoxy) is 1. The fraction of sp³-hybridized carbons (Fsp3) is 0.100. The molecule has 6 nitrogen and oxygen atoms in total. The Kier molecular flexibility index (Phi) is 5.42. The molecule has 2 aromatic carbocycles. The Morgan fingerprint density at radius 3 is 2.26 bits per heavy atom. The van der Waals surface area contributed by atoms with Crippen LogP contribution in [0.15, 0.2) is 77.5 Å². The number of carbonyl (C=O) groups excluding carboxylic acids is 2. The Labute approximate surface area is 162 Å². The van der Waals surface area contributed by atoms with Gasteiger partial charge in [-0.25, -0.2) is 14.7 Å². The summed E-state index contributed by atoms with van der Waals surface area (Å²) in [6, 6.07) is 18.5. The van der Waals surface area contributed by atoms with Crippen LogP contribution in [0.25, 0.3) is 0 Å². The van der Waals surface area contributed by atoms with Crippen molar-refractivity contribution in [2.45, 2.75) is 6.92 Å². The number of carbonyl (C=O) groups is 2. The van der Waals surface area contributed by atoms with E-state index in [0.29, 0.717) is 11.4 Å². The summed E-state index contributed by atoms with van der Waals surface area (Å²) in [5.74, 6) is -1.10. The normalized spacial score (nSPS) is 16.2. The van der Waals surface area contributed by atoms with Crippen LogP contribution in [-0.4, -0.2) is 34.8 Å². The van der Waals surface area contributed by atoms with E-state index in [9.17, 15) is 9.59 Å². The summed E-state index contributed by atoms with van der Waals surface area (Å²) >= 11 is 5.49. The number of para-hydroxylation sites is 1. The summed E-state index contributed by atoms with van der Waals surface area (Å²) in [5.41, 5.74) is 2.16. The monoisotopic (exact) mass is 379 g/mol. The van der Waals surface area contributed by atoms with Gasteiger partial charge in [-0.2, -0.15) is 5.10 Å². The SMILES string of the molecule is COC(=O)/C=C1\C(=O)N(c2ccccc2)C(=S)N1/N=C(/C)c1ccccc1. The highest BCUT2D eigenvalue weighted by atomic mass is 32.1. The lowest BCUT2D eigenvalue weighted by atomic mass is 10.1. The van der Waals surface area contributed by atoms with Crippen molar-refractivity contribution in [3.8, 4) is 0 Å². The smallest absolute Gasteiger partial charge is 0.332 e. The van der Waals surface area contributed by atoms with Crippen molar-refractivity contribution in [2.75, 3.05) is 12.0 Å². The molecule has 1 heterocycles. The molecule has 7 heteroatoms. The molecule has 2 aromatic rings. The molecule has 0 atom stereocenters. The van der Waals surface area contributed by atoms with Gasteiger partial charge in [0.15, 0.2) is 0 Å². The maximum atomic E-state index is 12.9. The molecule has 0 bridgehead atoms. The van der Waals surface area contributed by atoms with Crippen molar-refractivity contribution in [3.05, 3.63) is 78.0 Å². The second-order valence-electron chi connectivity index (χ2n) is 5.67. The summed E-state index contributed by atoms with van der Waals surface area (Å²) in [5, 5.41) is 5.95. The van der Waals surface area contributed by atoms with E-state index < -0.39 is 11.9 Å². The molecule has 0 radical (unpaired) electrons. The number of rotatable bonds is 4. The predicted molar refractivity (Wildman–Crippen MR) is 107 cm³/mol. The Bertz CT molecular complexity index is 939. The van der Waals surface area contributed by atoms with Crippen LogP contribution in [0.1, 0.15) is 12.5 Å². The van der Waals surface area contributed by atoms with Crippen molar-refractivity contribution in [1.82, 2.24) is 5.01 Å². The lowest BCUT2D eigenvalue weighted by Gasteiger charge is -2.17. The molecule has 136 valence electrons. The van der Waals surface area contributed by atoms with E-state index in [-0.39, 0.29) is 10.8 Å². The summed E-state index contributed by atoms with van der Waals surface area (Å²) < 4.78 is 4.67. The molecule has 1 aliphatic heterocycles. The van der Waals surface area contributed by atoms with E-state index in [0.717, 1.165) is 11.6 Å². The molecule has 0 spiro atoms. The van der Waals surface area contributed by atoms with E-state index in [1.807, 2.05) is 43.3 Å². The summed E-state index contributed by atoms with van der Waals surface area (Å²) in [6.07, 6.45) is 1.10. The van der Waals surface area contributed by atoms with Gasteiger partial charge >= 0.3 is 5.97 Å². The zero-order chi connectivity index (χ0) is 19.4. The van der Waals surface area contributed by atoms with Gasteiger partial charge in [0, 0.05) is 0 Å². The molecule has 0 saturated carbocycles. The van der Waals surface area contributed by atoms with Gasteiger partial charge in [0.25, 0.3) is 5.91 Å². The van der Waals surface area contributed by atoms with Gasteiger partial charge in [-0.05, 0) is 36.8 Å². The van der Waals surface area contributed by atoms with Crippen LogP contribution in [0.5, 0.6) is 0 Å². The number of anilines is 1. The van der Waals surface area contributed by atoms with E-state index in [2.05, 4.69) is 9.84 Å². The van der Waals surface area contributed by atoms with Crippen molar-refractivity contribution in [3.63, 3.8) is 0 Å². The van der Waals surface area contributed by atoms with Crippen LogP contribution in [0.3, 0.4) is 0 Å². The highest BCUT2D eigenvalue weighted by Gasteiger charge is 2.40. The number of hydrogen-bond acceptors (Lipinski definition) is 5. The number of hydrazone groups is 1. The number of benzene rings is 2. The molecular weight excluding hydrogens is 362 g/mol. The minimum atomic E-state index is -0.659. The van der Waals surface area contributed by atoms with E-state index in [1.165, 1.54) is 17.0 Å². The van der Waals surface area contributed by atoms with Crippen molar-refractivity contribution >= 4 is 40.6 Å². The highest BCUT2D eigenvalue weighted by molar-refractivity contribution is 7.80. The van der Waals surface area contributed by atoms with Gasteiger partial charge in [-0.1, -0.05) is 48.5 Å². The number of thiocarbonyl (C=S) groups is 1. The second kappa shape index (κ2) is 7.92. The lowest BCUT2D eigenvalue weighted by molar-refractivity contribution is -0.135. The minimum absolute atomic E-state index is 0.0333. The molecule has 1 saturated heterocycles. The number of amides is 1. The third kappa shape index (κ3) is 3.78. The fourth-order valence-electron chi connectivity index (χ4n) is 2.57. The van der Waals surface area contributed by atoms with Gasteiger partial charge in [0.05, 0.1) is 24.6 Å². The Balaban J connectivity index is 2.06. The molecule has 0 N–H and O–H groups in total. The molecule has 27 heavy (non-hydrogen) atoms. The first-order valence-corrected chi connectivity index (χ1v) is 8.57. The van der Waals surface area contributed by atoms with Crippen LogP contribution in [-0.2, 0) is 14.3 Å². The van der Waals surface area contributed by atoms with Gasteiger partial charge in [-0.15, -0.1) is 0 Å². The first-order chi connectivity index (χ1) is 13.0. The standard InChI is InChI=1S/C20H17N3O3S/c1-14(15-9-5-3-6-10-15)21-23-17(13-18(24)26-2)19(25)22(20(23)27)16-11-7-4-8-12-16/h3-13H,1-2H3/b17-13+,21-14-. The highest BCUT2D eigenvalue weighted by Crippen LogP contribution is 2.28. The minimum Gasteiger partial charge on any atom is -0.466 e. The van der Waals surface area contributed by atoms with Crippen LogP contribution >= 0.6 is 12.2 Å². The van der Waals surface area contributed by atoms with Crippen LogP contribution in [0.2, 0.25) is 0 Å². The van der Waals surface area contributed by atoms with Crippen LogP contribution in [0.4, 0.5) is 5.69 Å². The molecule has 0 aromatic heterocycles. The number of hydrogen-bond donors (Lipinski definition) is 0. The summed E-state index contributed by atoms with van der Waals surface area (Å²) in [4.78, 5) is 26.1. The van der Waals surface area contributed by atoms with Crippen molar-refractivity contribution in [2.24, 2.45) is 5.10 Å². The van der Waals surface area contributed by atoms with E-state index in [1.54, 1.807) is 24.3 Å². The number of methoxy groups -OCH3 is 1. The largest absolute Gasteiger partial charge is 0.466 e. The van der Waals surface area contributed by atoms with Gasteiger partial charge in [0.1, 0.15) is 5.70 Å². The Morgan fingerprint density at radius 1 is 1.07 bits per heavy atom. The zero-order valence-electron chi connectivity index (χ0n) is 14.8. The fourth-order valence-corrected chi connectivity index (χ4v) is 2.90. The molecule has 1 fully saturated rings. The third-order valence-corrected chi connectivity index (χ3v) is 4.29. The molecule has 1 aliphatic rings. The molecule has 0 unspecified atom stereocenters. The zero-order valence-corrected chi connectivity index (χ0v) is 15.6. The Morgan fingerprint density at radius 2 is 1.67 bits per heavy atom.